The number of nitrogens with zero attached hydrogens (tertiary/aromatic N) is 3. The zero-order chi connectivity index (χ0) is 21.5. The largest absolute Gasteiger partial charge is 0.450 e. The van der Waals surface area contributed by atoms with Crippen molar-refractivity contribution in [1.29, 1.82) is 0 Å². The molecule has 1 unspecified atom stereocenters. The number of aryl methyl sites for hydroxylation is 1. The van der Waals surface area contributed by atoms with Crippen molar-refractivity contribution in [3.05, 3.63) is 80.6 Å². The number of carbonyl (C=O) groups is 1. The maximum atomic E-state index is 13.5. The standard InChI is InChI=1S/C23H19N3O3S2/c1-3-6-17-24-25-23(31-17)26-19(13-9-11-14(30-2)12-10-13)18-20(27)15-7-4-5-8-16(15)29-21(18)22(26)28/h4-5,7-12,19H,3,6H2,1-2H3. The number of amides is 1. The van der Waals surface area contributed by atoms with Gasteiger partial charge in [-0.3, -0.25) is 14.5 Å². The van der Waals surface area contributed by atoms with Gasteiger partial charge in [-0.2, -0.15) is 0 Å². The number of hydrogen-bond donors (Lipinski definition) is 0. The van der Waals surface area contributed by atoms with E-state index < -0.39 is 6.04 Å². The van der Waals surface area contributed by atoms with Crippen LogP contribution in [0, 0.1) is 0 Å². The van der Waals surface area contributed by atoms with Crippen LogP contribution in [0.5, 0.6) is 0 Å². The molecule has 0 aliphatic carbocycles. The molecule has 3 heterocycles. The van der Waals surface area contributed by atoms with Gasteiger partial charge < -0.3 is 4.42 Å². The van der Waals surface area contributed by atoms with E-state index in [1.807, 2.05) is 30.5 Å². The molecule has 0 fully saturated rings. The van der Waals surface area contributed by atoms with E-state index in [-0.39, 0.29) is 17.1 Å². The molecule has 0 saturated heterocycles. The number of aromatic nitrogens is 2. The molecule has 0 N–H and O–H groups in total. The molecule has 8 heteroatoms. The summed E-state index contributed by atoms with van der Waals surface area (Å²) in [6, 6.07) is 14.3. The fraction of sp³-hybridized carbons (Fsp3) is 0.217. The van der Waals surface area contributed by atoms with Crippen molar-refractivity contribution in [2.45, 2.75) is 30.7 Å². The molecule has 1 amide bonds. The van der Waals surface area contributed by atoms with Crippen LogP contribution >= 0.6 is 23.1 Å². The lowest BCUT2D eigenvalue weighted by Gasteiger charge is -2.22. The molecule has 5 rings (SSSR count). The summed E-state index contributed by atoms with van der Waals surface area (Å²) in [7, 11) is 0. The van der Waals surface area contributed by atoms with Crippen LogP contribution in [0.25, 0.3) is 11.0 Å². The molecule has 156 valence electrons. The van der Waals surface area contributed by atoms with Crippen LogP contribution in [0.4, 0.5) is 5.13 Å². The Labute approximate surface area is 186 Å². The summed E-state index contributed by atoms with van der Waals surface area (Å²) in [5.41, 5.74) is 1.40. The first-order valence-electron chi connectivity index (χ1n) is 9.98. The Morgan fingerprint density at radius 2 is 1.87 bits per heavy atom. The Hall–Kier alpha value is -2.97. The Kier molecular flexibility index (Phi) is 5.11. The highest BCUT2D eigenvalue weighted by Gasteiger charge is 2.45. The minimum atomic E-state index is -0.610. The zero-order valence-corrected chi connectivity index (χ0v) is 18.6. The third kappa shape index (κ3) is 3.26. The van der Waals surface area contributed by atoms with E-state index in [1.165, 1.54) is 11.3 Å². The molecule has 1 atom stereocenters. The van der Waals surface area contributed by atoms with Gasteiger partial charge in [0.15, 0.2) is 5.43 Å². The Bertz CT molecular complexity index is 1340. The first-order valence-corrected chi connectivity index (χ1v) is 12.0. The smallest absolute Gasteiger partial charge is 0.297 e. The Morgan fingerprint density at radius 1 is 1.10 bits per heavy atom. The van der Waals surface area contributed by atoms with Crippen molar-refractivity contribution in [2.75, 3.05) is 11.2 Å². The number of fused-ring (bicyclic) bond motifs is 2. The topological polar surface area (TPSA) is 76.3 Å². The monoisotopic (exact) mass is 449 g/mol. The Balaban J connectivity index is 1.74. The van der Waals surface area contributed by atoms with Gasteiger partial charge >= 0.3 is 0 Å². The molecule has 0 radical (unpaired) electrons. The quantitative estimate of drug-likeness (QED) is 0.396. The fourth-order valence-corrected chi connectivity index (χ4v) is 5.25. The van der Waals surface area contributed by atoms with Gasteiger partial charge in [-0.05, 0) is 42.5 Å². The highest BCUT2D eigenvalue weighted by molar-refractivity contribution is 7.98. The van der Waals surface area contributed by atoms with Crippen molar-refractivity contribution < 1.29 is 9.21 Å². The second-order valence-electron chi connectivity index (χ2n) is 7.25. The molecule has 2 aromatic carbocycles. The van der Waals surface area contributed by atoms with Gasteiger partial charge in [-0.25, -0.2) is 0 Å². The highest BCUT2D eigenvalue weighted by atomic mass is 32.2. The van der Waals surface area contributed by atoms with Crippen LogP contribution in [-0.4, -0.2) is 22.4 Å². The van der Waals surface area contributed by atoms with Gasteiger partial charge in [-0.15, -0.1) is 22.0 Å². The highest BCUT2D eigenvalue weighted by Crippen LogP contribution is 2.42. The van der Waals surface area contributed by atoms with E-state index in [2.05, 4.69) is 17.1 Å². The molecule has 4 aromatic rings. The third-order valence-corrected chi connectivity index (χ3v) is 7.06. The molecule has 0 spiro atoms. The van der Waals surface area contributed by atoms with Crippen LogP contribution in [0.3, 0.4) is 0 Å². The van der Waals surface area contributed by atoms with Crippen LogP contribution in [0.2, 0.25) is 0 Å². The predicted molar refractivity (Wildman–Crippen MR) is 123 cm³/mol. The van der Waals surface area contributed by atoms with Gasteiger partial charge in [0.1, 0.15) is 10.6 Å². The summed E-state index contributed by atoms with van der Waals surface area (Å²) >= 11 is 3.02. The average Bonchev–Trinajstić information content (AvgIpc) is 3.37. The lowest BCUT2D eigenvalue weighted by atomic mass is 9.99. The van der Waals surface area contributed by atoms with E-state index in [1.54, 1.807) is 40.9 Å². The minimum absolute atomic E-state index is 0.0786. The lowest BCUT2D eigenvalue weighted by Crippen LogP contribution is -2.29. The average molecular weight is 450 g/mol. The number of carbonyl (C=O) groups excluding carboxylic acids is 1. The number of benzene rings is 2. The summed E-state index contributed by atoms with van der Waals surface area (Å²) in [4.78, 5) is 29.6. The van der Waals surface area contributed by atoms with Crippen LogP contribution < -0.4 is 10.3 Å². The number of thioether (sulfide) groups is 1. The minimum Gasteiger partial charge on any atom is -0.450 e. The number of hydrogen-bond acceptors (Lipinski definition) is 7. The summed E-state index contributed by atoms with van der Waals surface area (Å²) in [6.07, 6.45) is 3.74. The summed E-state index contributed by atoms with van der Waals surface area (Å²) in [5.74, 6) is -0.286. The molecule has 31 heavy (non-hydrogen) atoms. The van der Waals surface area contributed by atoms with Gasteiger partial charge in [0.25, 0.3) is 5.91 Å². The van der Waals surface area contributed by atoms with Crippen molar-refractivity contribution >= 4 is 45.1 Å². The van der Waals surface area contributed by atoms with Crippen LogP contribution in [-0.2, 0) is 6.42 Å². The van der Waals surface area contributed by atoms with E-state index in [9.17, 15) is 9.59 Å². The second kappa shape index (κ2) is 7.94. The second-order valence-corrected chi connectivity index (χ2v) is 9.17. The van der Waals surface area contributed by atoms with Gasteiger partial charge in [0.05, 0.1) is 17.0 Å². The van der Waals surface area contributed by atoms with Crippen molar-refractivity contribution in [1.82, 2.24) is 10.2 Å². The normalized spacial score (nSPS) is 15.6. The first kappa shape index (κ1) is 20.0. The third-order valence-electron chi connectivity index (χ3n) is 5.34. The van der Waals surface area contributed by atoms with Crippen molar-refractivity contribution in [3.8, 4) is 0 Å². The molecule has 2 aromatic heterocycles. The van der Waals surface area contributed by atoms with Gasteiger partial charge in [0.2, 0.25) is 10.9 Å². The van der Waals surface area contributed by atoms with Crippen molar-refractivity contribution in [3.63, 3.8) is 0 Å². The predicted octanol–water partition coefficient (Wildman–Crippen LogP) is 5.07. The molecule has 0 bridgehead atoms. The van der Waals surface area contributed by atoms with Gasteiger partial charge in [-0.1, -0.05) is 42.5 Å². The zero-order valence-electron chi connectivity index (χ0n) is 17.0. The van der Waals surface area contributed by atoms with E-state index in [0.29, 0.717) is 21.7 Å². The molecular weight excluding hydrogens is 430 g/mol. The number of para-hydroxylation sites is 1. The number of rotatable bonds is 5. The number of anilines is 1. The molecule has 1 aliphatic heterocycles. The first-order chi connectivity index (χ1) is 15.1. The van der Waals surface area contributed by atoms with Crippen molar-refractivity contribution in [2.24, 2.45) is 0 Å². The SMILES string of the molecule is CCCc1nnc(N2C(=O)c3oc4ccccc4c(=O)c3C2c2ccc(SC)cc2)s1. The van der Waals surface area contributed by atoms with E-state index in [0.717, 1.165) is 28.3 Å². The van der Waals surface area contributed by atoms with E-state index in [4.69, 9.17) is 4.42 Å². The maximum absolute atomic E-state index is 13.5. The maximum Gasteiger partial charge on any atom is 0.297 e. The molecule has 1 aliphatic rings. The molecule has 6 nitrogen and oxygen atoms in total. The summed E-state index contributed by atoms with van der Waals surface area (Å²) < 4.78 is 5.96. The summed E-state index contributed by atoms with van der Waals surface area (Å²) in [6.45, 7) is 2.07. The molecular formula is C23H19N3O3S2. The Morgan fingerprint density at radius 3 is 2.61 bits per heavy atom. The van der Waals surface area contributed by atoms with Crippen LogP contribution in [0.1, 0.15) is 46.1 Å². The fourth-order valence-electron chi connectivity index (χ4n) is 3.88. The summed E-state index contributed by atoms with van der Waals surface area (Å²) in [5, 5.41) is 10.3. The molecule has 0 saturated carbocycles. The van der Waals surface area contributed by atoms with Gasteiger partial charge in [0, 0.05) is 11.3 Å². The van der Waals surface area contributed by atoms with E-state index >= 15 is 0 Å². The lowest BCUT2D eigenvalue weighted by molar-refractivity contribution is 0.0970. The van der Waals surface area contributed by atoms with Crippen LogP contribution in [0.15, 0.2) is 62.6 Å².